The molecule has 1 heterocycles. The number of amides is 1. The highest BCUT2D eigenvalue weighted by Crippen LogP contribution is 2.37. The minimum Gasteiger partial charge on any atom is -0.497 e. The number of fused-ring (bicyclic) bond motifs is 1. The molecule has 1 N–H and O–H groups in total. The minimum atomic E-state index is -0.373. The molecule has 0 aliphatic rings. The van der Waals surface area contributed by atoms with Crippen LogP contribution in [0.2, 0.25) is 0 Å². The second-order valence-electron chi connectivity index (χ2n) is 7.79. The molecule has 0 spiro atoms. The van der Waals surface area contributed by atoms with E-state index in [0.717, 1.165) is 11.8 Å². The van der Waals surface area contributed by atoms with Crippen LogP contribution in [0.25, 0.3) is 16.6 Å². The number of benzene rings is 3. The van der Waals surface area contributed by atoms with E-state index in [1.807, 2.05) is 6.07 Å². The van der Waals surface area contributed by atoms with Crippen molar-refractivity contribution in [3.05, 3.63) is 76.6 Å². The Kier molecular flexibility index (Phi) is 8.49. The van der Waals surface area contributed by atoms with Crippen LogP contribution in [0.3, 0.4) is 0 Å². The third-order valence-electron chi connectivity index (χ3n) is 5.50. The molecule has 1 aromatic heterocycles. The van der Waals surface area contributed by atoms with Gasteiger partial charge in [0.05, 0.1) is 57.0 Å². The predicted molar refractivity (Wildman–Crippen MR) is 146 cm³/mol. The number of methoxy groups -OCH3 is 4. The first-order valence-corrected chi connectivity index (χ1v) is 12.4. The summed E-state index contributed by atoms with van der Waals surface area (Å²) in [7, 11) is 6.13. The Balaban J connectivity index is 1.53. The number of aromatic nitrogens is 2. The maximum atomic E-state index is 13.4. The largest absolute Gasteiger partial charge is 0.497 e. The molecule has 0 fully saturated rings. The van der Waals surface area contributed by atoms with E-state index < -0.39 is 0 Å². The maximum Gasteiger partial charge on any atom is 0.266 e. The average Bonchev–Trinajstić information content (AvgIpc) is 2.95. The zero-order valence-electron chi connectivity index (χ0n) is 21.3. The van der Waals surface area contributed by atoms with E-state index in [4.69, 9.17) is 18.9 Å². The summed E-state index contributed by atoms with van der Waals surface area (Å²) in [6, 6.07) is 17.6. The van der Waals surface area contributed by atoms with E-state index in [1.54, 1.807) is 61.7 Å². The van der Waals surface area contributed by atoms with Crippen molar-refractivity contribution in [2.45, 2.75) is 5.16 Å². The Morgan fingerprint density at radius 3 is 2.29 bits per heavy atom. The van der Waals surface area contributed by atoms with Gasteiger partial charge in [-0.05, 0) is 48.5 Å². The summed E-state index contributed by atoms with van der Waals surface area (Å²) in [6.45, 7) is 0. The van der Waals surface area contributed by atoms with Crippen molar-refractivity contribution in [1.29, 1.82) is 0 Å². The molecule has 0 atom stereocenters. The minimum absolute atomic E-state index is 0.0203. The maximum absolute atomic E-state index is 13.4. The van der Waals surface area contributed by atoms with Crippen LogP contribution in [0.1, 0.15) is 5.56 Å². The Bertz CT molecular complexity index is 1510. The number of ether oxygens (including phenoxy) is 4. The standard InChI is InChI=1S/C27H26N4O6S/c1-34-19-11-9-18(10-12-19)31-26(33)20-7-5-6-8-21(20)29-27(31)38-16-24(32)30-28-15-17-13-22(35-2)25(37-4)23(14-17)36-3/h5-15H,16H2,1-4H3,(H,30,32)/b28-15+. The van der Waals surface area contributed by atoms with Gasteiger partial charge in [0.25, 0.3) is 11.5 Å². The molecule has 0 radical (unpaired) electrons. The molecule has 0 aliphatic carbocycles. The van der Waals surface area contributed by atoms with Crippen molar-refractivity contribution in [2.24, 2.45) is 5.10 Å². The molecule has 38 heavy (non-hydrogen) atoms. The lowest BCUT2D eigenvalue weighted by Gasteiger charge is -2.13. The average molecular weight is 535 g/mol. The van der Waals surface area contributed by atoms with Crippen molar-refractivity contribution in [3.8, 4) is 28.7 Å². The highest BCUT2D eigenvalue weighted by Gasteiger charge is 2.15. The van der Waals surface area contributed by atoms with Crippen LogP contribution in [0.15, 0.2) is 75.7 Å². The fraction of sp³-hybridized carbons (Fsp3) is 0.185. The zero-order valence-corrected chi connectivity index (χ0v) is 22.1. The summed E-state index contributed by atoms with van der Waals surface area (Å²) in [5.41, 5.74) is 4.06. The van der Waals surface area contributed by atoms with Gasteiger partial charge in [-0.2, -0.15) is 5.10 Å². The van der Waals surface area contributed by atoms with Crippen molar-refractivity contribution >= 4 is 34.8 Å². The number of rotatable bonds is 10. The number of thioether (sulfide) groups is 1. The van der Waals surface area contributed by atoms with Crippen molar-refractivity contribution in [2.75, 3.05) is 34.2 Å². The number of carbonyl (C=O) groups is 1. The molecule has 0 bridgehead atoms. The number of nitrogens with one attached hydrogen (secondary N) is 1. The lowest BCUT2D eigenvalue weighted by molar-refractivity contribution is -0.118. The summed E-state index contributed by atoms with van der Waals surface area (Å²) in [4.78, 5) is 30.6. The van der Waals surface area contributed by atoms with Crippen LogP contribution in [0.5, 0.6) is 23.0 Å². The summed E-state index contributed by atoms with van der Waals surface area (Å²) >= 11 is 1.13. The van der Waals surface area contributed by atoms with Crippen molar-refractivity contribution < 1.29 is 23.7 Å². The second kappa shape index (κ2) is 12.2. The van der Waals surface area contributed by atoms with Gasteiger partial charge in [-0.15, -0.1) is 0 Å². The number of para-hydroxylation sites is 1. The Labute approximate surface area is 223 Å². The third kappa shape index (κ3) is 5.73. The van der Waals surface area contributed by atoms with Crippen LogP contribution in [0.4, 0.5) is 0 Å². The molecule has 10 nitrogen and oxygen atoms in total. The molecular weight excluding hydrogens is 508 g/mol. The van der Waals surface area contributed by atoms with Crippen LogP contribution < -0.4 is 29.9 Å². The first kappa shape index (κ1) is 26.6. The van der Waals surface area contributed by atoms with Crippen LogP contribution >= 0.6 is 11.8 Å². The van der Waals surface area contributed by atoms with Gasteiger partial charge in [0.1, 0.15) is 5.75 Å². The molecule has 0 aliphatic heterocycles. The Hall–Kier alpha value is -4.51. The van der Waals surface area contributed by atoms with Gasteiger partial charge in [0.2, 0.25) is 5.75 Å². The molecule has 0 saturated heterocycles. The summed E-state index contributed by atoms with van der Waals surface area (Å²) < 4.78 is 22.7. The van der Waals surface area contributed by atoms with Gasteiger partial charge in [-0.3, -0.25) is 14.2 Å². The number of hydrogen-bond donors (Lipinski definition) is 1. The van der Waals surface area contributed by atoms with E-state index in [0.29, 0.717) is 50.3 Å². The lowest BCUT2D eigenvalue weighted by Crippen LogP contribution is -2.24. The monoisotopic (exact) mass is 534 g/mol. The van der Waals surface area contributed by atoms with Gasteiger partial charge in [-0.25, -0.2) is 10.4 Å². The number of hydrogen-bond acceptors (Lipinski definition) is 9. The summed E-state index contributed by atoms with van der Waals surface area (Å²) in [5.74, 6) is 1.66. The molecule has 196 valence electrons. The Morgan fingerprint density at radius 1 is 0.974 bits per heavy atom. The lowest BCUT2D eigenvalue weighted by atomic mass is 10.2. The molecule has 0 unspecified atom stereocenters. The fourth-order valence-corrected chi connectivity index (χ4v) is 4.49. The molecule has 4 rings (SSSR count). The van der Waals surface area contributed by atoms with Gasteiger partial charge in [-0.1, -0.05) is 23.9 Å². The predicted octanol–water partition coefficient (Wildman–Crippen LogP) is 3.66. The van der Waals surface area contributed by atoms with Gasteiger partial charge in [0, 0.05) is 5.56 Å². The van der Waals surface area contributed by atoms with Crippen LogP contribution in [-0.4, -0.2) is 55.9 Å². The Morgan fingerprint density at radius 2 is 1.66 bits per heavy atom. The molecule has 1 amide bonds. The topological polar surface area (TPSA) is 113 Å². The fourth-order valence-electron chi connectivity index (χ4n) is 3.69. The van der Waals surface area contributed by atoms with Crippen molar-refractivity contribution in [1.82, 2.24) is 15.0 Å². The van der Waals surface area contributed by atoms with E-state index in [1.165, 1.54) is 32.1 Å². The van der Waals surface area contributed by atoms with E-state index in [9.17, 15) is 9.59 Å². The quantitative estimate of drug-likeness (QED) is 0.142. The number of carbonyl (C=O) groups excluding carboxylic acids is 1. The molecule has 11 heteroatoms. The highest BCUT2D eigenvalue weighted by molar-refractivity contribution is 7.99. The van der Waals surface area contributed by atoms with E-state index in [2.05, 4.69) is 15.5 Å². The van der Waals surface area contributed by atoms with E-state index in [-0.39, 0.29) is 17.2 Å². The van der Waals surface area contributed by atoms with Crippen molar-refractivity contribution in [3.63, 3.8) is 0 Å². The van der Waals surface area contributed by atoms with Crippen LogP contribution in [0, 0.1) is 0 Å². The van der Waals surface area contributed by atoms with Gasteiger partial charge >= 0.3 is 0 Å². The van der Waals surface area contributed by atoms with Crippen LogP contribution in [-0.2, 0) is 4.79 Å². The number of nitrogens with zero attached hydrogens (tertiary/aromatic N) is 3. The first-order valence-electron chi connectivity index (χ1n) is 11.4. The summed E-state index contributed by atoms with van der Waals surface area (Å²) in [6.07, 6.45) is 1.47. The number of hydrazone groups is 1. The second-order valence-corrected chi connectivity index (χ2v) is 8.73. The summed E-state index contributed by atoms with van der Waals surface area (Å²) in [5, 5.41) is 4.89. The molecular formula is C27H26N4O6S. The molecule has 4 aromatic rings. The van der Waals surface area contributed by atoms with Gasteiger partial charge in [0.15, 0.2) is 16.7 Å². The smallest absolute Gasteiger partial charge is 0.266 e. The SMILES string of the molecule is COc1ccc(-n2c(SCC(=O)N/N=C/c3cc(OC)c(OC)c(OC)c3)nc3ccccc3c2=O)cc1. The molecule has 3 aromatic carbocycles. The molecule has 0 saturated carbocycles. The highest BCUT2D eigenvalue weighted by atomic mass is 32.2. The zero-order chi connectivity index (χ0) is 27.1. The van der Waals surface area contributed by atoms with Gasteiger partial charge < -0.3 is 18.9 Å². The first-order chi connectivity index (χ1) is 18.5. The normalized spacial score (nSPS) is 10.9. The third-order valence-corrected chi connectivity index (χ3v) is 6.44. The van der Waals surface area contributed by atoms with E-state index >= 15 is 0 Å².